The Morgan fingerprint density at radius 1 is 0.897 bits per heavy atom. The molecule has 6 heteroatoms. The Bertz CT molecular complexity index is 1110. The van der Waals surface area contributed by atoms with Gasteiger partial charge in [0.2, 0.25) is 10.0 Å². The van der Waals surface area contributed by atoms with Crippen LogP contribution in [0.25, 0.3) is 11.1 Å². The van der Waals surface area contributed by atoms with Crippen LogP contribution >= 0.6 is 0 Å². The van der Waals surface area contributed by atoms with Crippen molar-refractivity contribution in [1.82, 2.24) is 4.72 Å². The molecule has 0 amide bonds. The lowest BCUT2D eigenvalue weighted by atomic mass is 10.1. The minimum absolute atomic E-state index is 0.0228. The maximum atomic E-state index is 12.4. The molecule has 4 rings (SSSR count). The van der Waals surface area contributed by atoms with Crippen molar-refractivity contribution in [2.75, 3.05) is 6.54 Å². The molecule has 0 unspecified atom stereocenters. The third-order valence-electron chi connectivity index (χ3n) is 4.98. The third kappa shape index (κ3) is 3.95. The summed E-state index contributed by atoms with van der Waals surface area (Å²) in [6.07, 6.45) is -0.519. The molecule has 0 spiro atoms. The summed E-state index contributed by atoms with van der Waals surface area (Å²) in [5.41, 5.74) is 4.98. The number of carbonyl (C=O) groups excluding carboxylic acids is 1. The lowest BCUT2D eigenvalue weighted by Gasteiger charge is -2.15. The van der Waals surface area contributed by atoms with Crippen molar-refractivity contribution in [3.05, 3.63) is 89.5 Å². The zero-order chi connectivity index (χ0) is 20.4. The van der Waals surface area contributed by atoms with Gasteiger partial charge in [-0.3, -0.25) is 4.79 Å². The highest BCUT2D eigenvalue weighted by Gasteiger charge is 2.30. The molecule has 0 aromatic heterocycles. The zero-order valence-electron chi connectivity index (χ0n) is 16.0. The van der Waals surface area contributed by atoms with Gasteiger partial charge in [0.25, 0.3) is 0 Å². The maximum Gasteiger partial charge on any atom is 0.308 e. The molecule has 0 saturated heterocycles. The molecule has 5 nitrogen and oxygen atoms in total. The number of aryl methyl sites for hydroxylation is 1. The Morgan fingerprint density at radius 2 is 1.45 bits per heavy atom. The summed E-state index contributed by atoms with van der Waals surface area (Å²) in [4.78, 5) is 12.6. The Balaban J connectivity index is 1.41. The Kier molecular flexibility index (Phi) is 5.22. The highest BCUT2D eigenvalue weighted by molar-refractivity contribution is 7.89. The van der Waals surface area contributed by atoms with Gasteiger partial charge in [0.05, 0.1) is 11.3 Å². The molecule has 1 N–H and O–H groups in total. The molecule has 0 aliphatic heterocycles. The quantitative estimate of drug-likeness (QED) is 0.628. The highest BCUT2D eigenvalue weighted by Crippen LogP contribution is 2.45. The van der Waals surface area contributed by atoms with E-state index in [2.05, 4.69) is 4.72 Å². The van der Waals surface area contributed by atoms with E-state index in [0.29, 0.717) is 0 Å². The summed E-state index contributed by atoms with van der Waals surface area (Å²) in [7, 11) is -3.66. The van der Waals surface area contributed by atoms with E-state index in [-0.39, 0.29) is 17.9 Å². The van der Waals surface area contributed by atoms with Crippen LogP contribution in [-0.2, 0) is 19.6 Å². The van der Waals surface area contributed by atoms with E-state index >= 15 is 0 Å². The van der Waals surface area contributed by atoms with Crippen LogP contribution in [0.4, 0.5) is 0 Å². The smallest absolute Gasteiger partial charge is 0.308 e. The molecular weight excluding hydrogens is 386 g/mol. The SMILES string of the molecule is Cc1ccc(S(=O)(=O)NCCC(=O)OC2c3ccccc3-c3ccccc32)cc1. The average molecular weight is 407 g/mol. The minimum atomic E-state index is -3.66. The first-order valence-electron chi connectivity index (χ1n) is 9.40. The lowest BCUT2D eigenvalue weighted by Crippen LogP contribution is -2.27. The number of esters is 1. The zero-order valence-corrected chi connectivity index (χ0v) is 16.8. The van der Waals surface area contributed by atoms with Crippen molar-refractivity contribution >= 4 is 16.0 Å². The largest absolute Gasteiger partial charge is 0.452 e. The summed E-state index contributed by atoms with van der Waals surface area (Å²) in [5, 5.41) is 0. The van der Waals surface area contributed by atoms with Gasteiger partial charge in [-0.2, -0.15) is 0 Å². The Hall–Kier alpha value is -2.96. The summed E-state index contributed by atoms with van der Waals surface area (Å²) in [6, 6.07) is 22.2. The van der Waals surface area contributed by atoms with Crippen LogP contribution in [0.15, 0.2) is 77.7 Å². The fraction of sp³-hybridized carbons (Fsp3) is 0.174. The van der Waals surface area contributed by atoms with E-state index in [1.165, 1.54) is 0 Å². The van der Waals surface area contributed by atoms with Gasteiger partial charge < -0.3 is 4.74 Å². The van der Waals surface area contributed by atoms with Crippen LogP contribution < -0.4 is 4.72 Å². The van der Waals surface area contributed by atoms with Crippen molar-refractivity contribution in [3.63, 3.8) is 0 Å². The van der Waals surface area contributed by atoms with Crippen LogP contribution in [0.3, 0.4) is 0 Å². The van der Waals surface area contributed by atoms with Crippen LogP contribution in [-0.4, -0.2) is 20.9 Å². The molecule has 3 aromatic rings. The molecule has 1 aliphatic rings. The second kappa shape index (κ2) is 7.81. The summed E-state index contributed by atoms with van der Waals surface area (Å²) in [5.74, 6) is -0.451. The topological polar surface area (TPSA) is 72.5 Å². The van der Waals surface area contributed by atoms with Gasteiger partial charge in [0.1, 0.15) is 0 Å². The number of hydrogen-bond acceptors (Lipinski definition) is 4. The molecule has 0 saturated carbocycles. The van der Waals surface area contributed by atoms with Crippen molar-refractivity contribution in [2.24, 2.45) is 0 Å². The van der Waals surface area contributed by atoms with E-state index in [4.69, 9.17) is 4.74 Å². The molecule has 0 atom stereocenters. The monoisotopic (exact) mass is 407 g/mol. The van der Waals surface area contributed by atoms with Crippen LogP contribution in [0.1, 0.15) is 29.2 Å². The molecule has 0 radical (unpaired) electrons. The van der Waals surface area contributed by atoms with Gasteiger partial charge in [-0.25, -0.2) is 13.1 Å². The number of nitrogens with one attached hydrogen (secondary N) is 1. The van der Waals surface area contributed by atoms with E-state index in [0.717, 1.165) is 27.8 Å². The first kappa shape index (κ1) is 19.4. The minimum Gasteiger partial charge on any atom is -0.452 e. The number of fused-ring (bicyclic) bond motifs is 3. The molecule has 1 aliphatic carbocycles. The fourth-order valence-electron chi connectivity index (χ4n) is 3.51. The van der Waals surface area contributed by atoms with Gasteiger partial charge in [-0.1, -0.05) is 66.2 Å². The van der Waals surface area contributed by atoms with Crippen LogP contribution in [0.2, 0.25) is 0 Å². The maximum absolute atomic E-state index is 12.4. The predicted octanol–water partition coefficient (Wildman–Crippen LogP) is 3.98. The first-order valence-corrected chi connectivity index (χ1v) is 10.9. The van der Waals surface area contributed by atoms with Gasteiger partial charge in [-0.05, 0) is 30.2 Å². The van der Waals surface area contributed by atoms with Gasteiger partial charge in [0, 0.05) is 17.7 Å². The summed E-state index contributed by atoms with van der Waals surface area (Å²) < 4.78 is 32.9. The normalized spacial score (nSPS) is 13.0. The Morgan fingerprint density at radius 3 is 2.03 bits per heavy atom. The second-order valence-corrected chi connectivity index (χ2v) is 8.77. The number of hydrogen-bond donors (Lipinski definition) is 1. The van der Waals surface area contributed by atoms with Crippen molar-refractivity contribution in [1.29, 1.82) is 0 Å². The fourth-order valence-corrected chi connectivity index (χ4v) is 4.55. The molecule has 29 heavy (non-hydrogen) atoms. The van der Waals surface area contributed by atoms with E-state index in [1.54, 1.807) is 24.3 Å². The van der Waals surface area contributed by atoms with Gasteiger partial charge in [-0.15, -0.1) is 0 Å². The standard InChI is InChI=1S/C23H21NO4S/c1-16-10-12-17(13-11-16)29(26,27)24-15-14-22(25)28-23-20-8-4-2-6-18(20)19-7-3-5-9-21(19)23/h2-13,23-24H,14-15H2,1H3. The molecular formula is C23H21NO4S. The summed E-state index contributed by atoms with van der Waals surface area (Å²) in [6.45, 7) is 1.87. The van der Waals surface area contributed by atoms with Crippen molar-refractivity contribution in [3.8, 4) is 11.1 Å². The van der Waals surface area contributed by atoms with Crippen LogP contribution in [0.5, 0.6) is 0 Å². The highest BCUT2D eigenvalue weighted by atomic mass is 32.2. The molecule has 0 heterocycles. The second-order valence-electron chi connectivity index (χ2n) is 7.01. The lowest BCUT2D eigenvalue weighted by molar-refractivity contribution is -0.147. The van der Waals surface area contributed by atoms with Crippen LogP contribution in [0, 0.1) is 6.92 Å². The van der Waals surface area contributed by atoms with E-state index < -0.39 is 22.1 Å². The number of rotatable bonds is 6. The first-order chi connectivity index (χ1) is 14.0. The molecule has 148 valence electrons. The predicted molar refractivity (Wildman–Crippen MR) is 111 cm³/mol. The van der Waals surface area contributed by atoms with Crippen molar-refractivity contribution in [2.45, 2.75) is 24.3 Å². The third-order valence-corrected chi connectivity index (χ3v) is 6.46. The number of ether oxygens (including phenoxy) is 1. The number of carbonyl (C=O) groups is 1. The van der Waals surface area contributed by atoms with E-state index in [1.807, 2.05) is 55.5 Å². The number of sulfonamides is 1. The number of benzene rings is 3. The van der Waals surface area contributed by atoms with Gasteiger partial charge >= 0.3 is 5.97 Å². The van der Waals surface area contributed by atoms with Crippen molar-refractivity contribution < 1.29 is 17.9 Å². The summed E-state index contributed by atoms with van der Waals surface area (Å²) >= 11 is 0. The van der Waals surface area contributed by atoms with E-state index in [9.17, 15) is 13.2 Å². The average Bonchev–Trinajstić information content (AvgIpc) is 3.02. The van der Waals surface area contributed by atoms with Gasteiger partial charge in [0.15, 0.2) is 6.10 Å². The molecule has 0 bridgehead atoms. The Labute approximate surface area is 170 Å². The molecule has 0 fully saturated rings. The molecule has 3 aromatic carbocycles.